The van der Waals surface area contributed by atoms with Gasteiger partial charge in [-0.3, -0.25) is 14.4 Å². The summed E-state index contributed by atoms with van der Waals surface area (Å²) in [6.07, 6.45) is -0.842. The highest BCUT2D eigenvalue weighted by molar-refractivity contribution is 6.23. The molecule has 0 spiro atoms. The maximum atomic E-state index is 13.5. The van der Waals surface area contributed by atoms with Crippen LogP contribution in [0.5, 0.6) is 0 Å². The van der Waals surface area contributed by atoms with Crippen molar-refractivity contribution >= 4 is 23.2 Å². The Kier molecular flexibility index (Phi) is 4.40. The number of hydroxylamine groups is 1. The van der Waals surface area contributed by atoms with Crippen molar-refractivity contribution in [3.05, 3.63) is 95.6 Å². The molecule has 0 N–H and O–H groups in total. The summed E-state index contributed by atoms with van der Waals surface area (Å²) in [6, 6.07) is 24.7. The maximum Gasteiger partial charge on any atom is 0.266 e. The zero-order chi connectivity index (χ0) is 20.8. The lowest BCUT2D eigenvalue weighted by molar-refractivity contribution is -0.126. The number of hydrogen-bond acceptors (Lipinski definition) is 4. The zero-order valence-electron chi connectivity index (χ0n) is 16.9. The van der Waals surface area contributed by atoms with E-state index in [1.165, 1.54) is 4.90 Å². The van der Waals surface area contributed by atoms with Crippen LogP contribution in [0, 0.1) is 19.8 Å². The van der Waals surface area contributed by atoms with Gasteiger partial charge >= 0.3 is 0 Å². The molecule has 2 amide bonds. The molecule has 0 bridgehead atoms. The van der Waals surface area contributed by atoms with Crippen LogP contribution in [0.3, 0.4) is 0 Å². The molecule has 2 heterocycles. The Bertz CT molecular complexity index is 1090. The third kappa shape index (κ3) is 2.90. The van der Waals surface area contributed by atoms with E-state index in [-0.39, 0.29) is 17.9 Å². The normalized spacial score (nSPS) is 23.2. The van der Waals surface area contributed by atoms with Crippen molar-refractivity contribution in [3.8, 4) is 0 Å². The number of carbonyl (C=O) groups excluding carboxylic acids is 2. The van der Waals surface area contributed by atoms with Gasteiger partial charge in [0.25, 0.3) is 5.91 Å². The maximum absolute atomic E-state index is 13.5. The molecular weight excluding hydrogens is 376 g/mol. The Labute approximate surface area is 175 Å². The number of benzene rings is 3. The molecule has 0 aromatic heterocycles. The molecule has 2 aliphatic rings. The van der Waals surface area contributed by atoms with Crippen LogP contribution in [0.2, 0.25) is 0 Å². The van der Waals surface area contributed by atoms with Crippen molar-refractivity contribution in [1.82, 2.24) is 0 Å². The monoisotopic (exact) mass is 398 g/mol. The predicted octanol–water partition coefficient (Wildman–Crippen LogP) is 4.35. The number of anilines is 2. The summed E-state index contributed by atoms with van der Waals surface area (Å²) in [5.41, 5.74) is 4.56. The van der Waals surface area contributed by atoms with Gasteiger partial charge in [0.2, 0.25) is 5.91 Å². The number of aryl methyl sites for hydroxylation is 2. The smallest absolute Gasteiger partial charge is 0.266 e. The first-order chi connectivity index (χ1) is 14.5. The van der Waals surface area contributed by atoms with Gasteiger partial charge in [0, 0.05) is 0 Å². The van der Waals surface area contributed by atoms with Crippen molar-refractivity contribution in [2.75, 3.05) is 9.96 Å². The quantitative estimate of drug-likeness (QED) is 0.616. The Balaban J connectivity index is 1.58. The lowest BCUT2D eigenvalue weighted by Crippen LogP contribution is -2.37. The minimum Gasteiger partial charge on any atom is -0.273 e. The van der Waals surface area contributed by atoms with Crippen LogP contribution in [-0.2, 0) is 14.4 Å². The SMILES string of the molecule is Cc1ccc([C@H]2[C@@H]3C(=O)N(c4ccc(C)cc4)C(=O)[C@H]3ON2c2ccccc2)cc1. The number of fused-ring (bicyclic) bond motifs is 1. The molecule has 0 unspecified atom stereocenters. The highest BCUT2D eigenvalue weighted by Crippen LogP contribution is 2.47. The summed E-state index contributed by atoms with van der Waals surface area (Å²) in [5.74, 6) is -1.15. The molecule has 150 valence electrons. The van der Waals surface area contributed by atoms with Crippen LogP contribution < -0.4 is 9.96 Å². The summed E-state index contributed by atoms with van der Waals surface area (Å²) in [4.78, 5) is 34.2. The lowest BCUT2D eigenvalue weighted by atomic mass is 9.90. The van der Waals surface area contributed by atoms with E-state index < -0.39 is 12.0 Å². The van der Waals surface area contributed by atoms with Crippen molar-refractivity contribution in [1.29, 1.82) is 0 Å². The number of rotatable bonds is 3. The fourth-order valence-electron chi connectivity index (χ4n) is 4.26. The topological polar surface area (TPSA) is 49.9 Å². The summed E-state index contributed by atoms with van der Waals surface area (Å²) in [5, 5.41) is 1.72. The Hall–Kier alpha value is -3.44. The minimum absolute atomic E-state index is 0.224. The summed E-state index contributed by atoms with van der Waals surface area (Å²) in [6.45, 7) is 4.00. The van der Waals surface area contributed by atoms with E-state index in [4.69, 9.17) is 4.84 Å². The predicted molar refractivity (Wildman–Crippen MR) is 115 cm³/mol. The average molecular weight is 398 g/mol. The van der Waals surface area contributed by atoms with E-state index in [1.807, 2.05) is 92.7 Å². The number of carbonyl (C=O) groups is 2. The van der Waals surface area contributed by atoms with Gasteiger partial charge in [0.1, 0.15) is 5.92 Å². The van der Waals surface area contributed by atoms with Crippen molar-refractivity contribution in [2.24, 2.45) is 5.92 Å². The molecule has 2 aliphatic heterocycles. The molecule has 2 saturated heterocycles. The second-order valence-electron chi connectivity index (χ2n) is 7.92. The van der Waals surface area contributed by atoms with E-state index in [1.54, 1.807) is 5.06 Å². The van der Waals surface area contributed by atoms with Gasteiger partial charge in [0.15, 0.2) is 6.10 Å². The van der Waals surface area contributed by atoms with Gasteiger partial charge in [-0.25, -0.2) is 9.96 Å². The van der Waals surface area contributed by atoms with Gasteiger partial charge in [-0.05, 0) is 43.7 Å². The van der Waals surface area contributed by atoms with Gasteiger partial charge in [0.05, 0.1) is 17.4 Å². The summed E-state index contributed by atoms with van der Waals surface area (Å²) in [7, 11) is 0. The molecule has 2 fully saturated rings. The summed E-state index contributed by atoms with van der Waals surface area (Å²) >= 11 is 0. The zero-order valence-corrected chi connectivity index (χ0v) is 16.9. The second-order valence-corrected chi connectivity index (χ2v) is 7.92. The first-order valence-electron chi connectivity index (χ1n) is 10.1. The van der Waals surface area contributed by atoms with Crippen LogP contribution in [0.1, 0.15) is 22.7 Å². The number of amides is 2. The van der Waals surface area contributed by atoms with E-state index in [9.17, 15) is 9.59 Å². The van der Waals surface area contributed by atoms with Crippen LogP contribution in [0.15, 0.2) is 78.9 Å². The largest absolute Gasteiger partial charge is 0.273 e. The average Bonchev–Trinajstić information content (AvgIpc) is 3.27. The highest BCUT2D eigenvalue weighted by Gasteiger charge is 2.60. The van der Waals surface area contributed by atoms with Crippen LogP contribution >= 0.6 is 0 Å². The molecule has 5 heteroatoms. The van der Waals surface area contributed by atoms with Gasteiger partial charge in [-0.2, -0.15) is 0 Å². The third-order valence-corrected chi connectivity index (χ3v) is 5.84. The van der Waals surface area contributed by atoms with Crippen LogP contribution in [-0.4, -0.2) is 17.9 Å². The Morgan fingerprint density at radius 2 is 1.30 bits per heavy atom. The van der Waals surface area contributed by atoms with E-state index >= 15 is 0 Å². The number of nitrogens with zero attached hydrogens (tertiary/aromatic N) is 2. The number of para-hydroxylation sites is 1. The van der Waals surface area contributed by atoms with Gasteiger partial charge in [-0.1, -0.05) is 65.7 Å². The minimum atomic E-state index is -0.842. The standard InChI is InChI=1S/C25H22N2O3/c1-16-8-12-18(13-9-16)22-21-23(30-27(22)20-6-4-3-5-7-20)25(29)26(24(21)28)19-14-10-17(2)11-15-19/h3-15,21-23H,1-2H3/t21-,22-,23-/m0/s1. The van der Waals surface area contributed by atoms with Crippen molar-refractivity contribution < 1.29 is 14.4 Å². The highest BCUT2D eigenvalue weighted by atomic mass is 16.7. The van der Waals surface area contributed by atoms with Gasteiger partial charge in [-0.15, -0.1) is 0 Å². The molecule has 3 aromatic carbocycles. The number of hydrogen-bond donors (Lipinski definition) is 0. The van der Waals surface area contributed by atoms with E-state index in [0.29, 0.717) is 5.69 Å². The van der Waals surface area contributed by atoms with Crippen molar-refractivity contribution in [3.63, 3.8) is 0 Å². The Morgan fingerprint density at radius 1 is 0.700 bits per heavy atom. The first kappa shape index (κ1) is 18.6. The molecule has 0 aliphatic carbocycles. The van der Waals surface area contributed by atoms with E-state index in [2.05, 4.69) is 0 Å². The molecule has 30 heavy (non-hydrogen) atoms. The third-order valence-electron chi connectivity index (χ3n) is 5.84. The lowest BCUT2D eigenvalue weighted by Gasteiger charge is -2.28. The van der Waals surface area contributed by atoms with Crippen LogP contribution in [0.25, 0.3) is 0 Å². The molecule has 0 radical (unpaired) electrons. The summed E-state index contributed by atoms with van der Waals surface area (Å²) < 4.78 is 0. The second kappa shape index (κ2) is 7.11. The fraction of sp³-hybridized carbons (Fsp3) is 0.200. The van der Waals surface area contributed by atoms with Gasteiger partial charge < -0.3 is 0 Å². The molecule has 0 saturated carbocycles. The first-order valence-corrected chi connectivity index (χ1v) is 10.1. The molecular formula is C25H22N2O3. The molecule has 5 rings (SSSR count). The Morgan fingerprint density at radius 3 is 1.93 bits per heavy atom. The fourth-order valence-corrected chi connectivity index (χ4v) is 4.26. The molecule has 3 aromatic rings. The molecule has 3 atom stereocenters. The van der Waals surface area contributed by atoms with E-state index in [0.717, 1.165) is 22.4 Å². The van der Waals surface area contributed by atoms with Crippen molar-refractivity contribution in [2.45, 2.75) is 26.0 Å². The molecule has 5 nitrogen and oxygen atoms in total. The van der Waals surface area contributed by atoms with Crippen LogP contribution in [0.4, 0.5) is 11.4 Å². The number of imide groups is 1.